The number of hydrogen-bond acceptors (Lipinski definition) is 7. The van der Waals surface area contributed by atoms with E-state index >= 15 is 0 Å². The lowest BCUT2D eigenvalue weighted by Gasteiger charge is -2.10. The Bertz CT molecular complexity index is 1220. The predicted molar refractivity (Wildman–Crippen MR) is 115 cm³/mol. The molecule has 0 unspecified atom stereocenters. The molecule has 4 rings (SSSR count). The third kappa shape index (κ3) is 3.61. The molecule has 6 nitrogen and oxygen atoms in total. The monoisotopic (exact) mass is 426 g/mol. The molecule has 0 saturated heterocycles. The summed E-state index contributed by atoms with van der Waals surface area (Å²) in [7, 11) is 1.31. The summed E-state index contributed by atoms with van der Waals surface area (Å²) in [5.41, 5.74) is 2.56. The van der Waals surface area contributed by atoms with Gasteiger partial charge in [-0.25, -0.2) is 9.78 Å². The number of nitrogens with zero attached hydrogens (tertiary/aromatic N) is 2. The molecule has 0 atom stereocenters. The number of benzene rings is 1. The van der Waals surface area contributed by atoms with Gasteiger partial charge >= 0.3 is 5.97 Å². The van der Waals surface area contributed by atoms with Crippen molar-refractivity contribution in [3.63, 3.8) is 0 Å². The lowest BCUT2D eigenvalue weighted by molar-refractivity contribution is 0.0564. The predicted octanol–water partition coefficient (Wildman–Crippen LogP) is 4.82. The lowest BCUT2D eigenvalue weighted by Crippen LogP contribution is -2.22. The van der Waals surface area contributed by atoms with Gasteiger partial charge in [-0.1, -0.05) is 42.1 Å². The number of furan rings is 1. The van der Waals surface area contributed by atoms with Gasteiger partial charge in [0.15, 0.2) is 5.16 Å². The van der Waals surface area contributed by atoms with Crippen LogP contribution in [0.4, 0.5) is 0 Å². The molecule has 0 saturated carbocycles. The Labute approximate surface area is 175 Å². The molecule has 0 N–H and O–H groups in total. The Kier molecular flexibility index (Phi) is 5.55. The van der Waals surface area contributed by atoms with Crippen molar-refractivity contribution >= 4 is 39.3 Å². The number of esters is 1. The standard InChI is InChI=1S/C21H18N2O4S2/c1-3-23-19(24)16-15(13-7-5-4-6-8-13)12-28-18(16)22-21(23)29-11-14-9-10-27-17(14)20(25)26-2/h4-10,12H,3,11H2,1-2H3. The van der Waals surface area contributed by atoms with Crippen LogP contribution < -0.4 is 5.56 Å². The Hall–Kier alpha value is -2.84. The van der Waals surface area contributed by atoms with Crippen LogP contribution in [0.1, 0.15) is 23.0 Å². The van der Waals surface area contributed by atoms with Crippen LogP contribution in [0.3, 0.4) is 0 Å². The van der Waals surface area contributed by atoms with Gasteiger partial charge in [0.2, 0.25) is 5.76 Å². The fraction of sp³-hybridized carbons (Fsp3) is 0.190. The molecule has 148 valence electrons. The molecule has 4 aromatic rings. The summed E-state index contributed by atoms with van der Waals surface area (Å²) in [4.78, 5) is 30.5. The van der Waals surface area contributed by atoms with E-state index in [0.717, 1.165) is 11.1 Å². The molecule has 3 heterocycles. The van der Waals surface area contributed by atoms with E-state index in [0.29, 0.717) is 33.2 Å². The zero-order valence-corrected chi connectivity index (χ0v) is 17.5. The maximum Gasteiger partial charge on any atom is 0.374 e. The molecule has 0 bridgehead atoms. The average molecular weight is 427 g/mol. The van der Waals surface area contributed by atoms with Crippen LogP contribution in [0.15, 0.2) is 62.4 Å². The molecule has 8 heteroatoms. The van der Waals surface area contributed by atoms with Gasteiger partial charge in [0.25, 0.3) is 5.56 Å². The Morgan fingerprint density at radius 1 is 1.28 bits per heavy atom. The van der Waals surface area contributed by atoms with Gasteiger partial charge in [-0.15, -0.1) is 11.3 Å². The van der Waals surface area contributed by atoms with E-state index in [4.69, 9.17) is 14.1 Å². The molecule has 1 aromatic carbocycles. The fourth-order valence-electron chi connectivity index (χ4n) is 3.09. The smallest absolute Gasteiger partial charge is 0.374 e. The number of hydrogen-bond donors (Lipinski definition) is 0. The number of thiophene rings is 1. The zero-order chi connectivity index (χ0) is 20.4. The largest absolute Gasteiger partial charge is 0.463 e. The Morgan fingerprint density at radius 2 is 2.07 bits per heavy atom. The second-order valence-corrected chi connectivity index (χ2v) is 8.00. The Morgan fingerprint density at radius 3 is 2.79 bits per heavy atom. The summed E-state index contributed by atoms with van der Waals surface area (Å²) < 4.78 is 11.6. The summed E-state index contributed by atoms with van der Waals surface area (Å²) in [6.07, 6.45) is 1.46. The van der Waals surface area contributed by atoms with Crippen molar-refractivity contribution in [3.8, 4) is 11.1 Å². The van der Waals surface area contributed by atoms with Crippen LogP contribution in [-0.4, -0.2) is 22.6 Å². The van der Waals surface area contributed by atoms with E-state index in [9.17, 15) is 9.59 Å². The van der Waals surface area contributed by atoms with Gasteiger partial charge in [-0.05, 0) is 18.6 Å². The highest BCUT2D eigenvalue weighted by Crippen LogP contribution is 2.33. The second-order valence-electron chi connectivity index (χ2n) is 6.19. The lowest BCUT2D eigenvalue weighted by atomic mass is 10.1. The number of fused-ring (bicyclic) bond motifs is 1. The summed E-state index contributed by atoms with van der Waals surface area (Å²) in [6, 6.07) is 11.6. The van der Waals surface area contributed by atoms with E-state index in [1.807, 2.05) is 42.6 Å². The van der Waals surface area contributed by atoms with E-state index in [-0.39, 0.29) is 11.3 Å². The van der Waals surface area contributed by atoms with Crippen molar-refractivity contribution in [2.24, 2.45) is 0 Å². The van der Waals surface area contributed by atoms with E-state index in [1.54, 1.807) is 10.6 Å². The molecule has 0 radical (unpaired) electrons. The molecule has 0 spiro atoms. The number of methoxy groups -OCH3 is 1. The summed E-state index contributed by atoms with van der Waals surface area (Å²) in [5, 5.41) is 3.24. The van der Waals surface area contributed by atoms with Gasteiger partial charge in [-0.2, -0.15) is 0 Å². The third-order valence-corrected chi connectivity index (χ3v) is 6.43. The number of thioether (sulfide) groups is 1. The molecule has 0 fully saturated rings. The van der Waals surface area contributed by atoms with E-state index in [1.165, 1.54) is 36.5 Å². The minimum absolute atomic E-state index is 0.0551. The molecular formula is C21H18N2O4S2. The van der Waals surface area contributed by atoms with Crippen molar-refractivity contribution in [3.05, 3.63) is 69.7 Å². The van der Waals surface area contributed by atoms with Crippen molar-refractivity contribution in [2.45, 2.75) is 24.4 Å². The summed E-state index contributed by atoms with van der Waals surface area (Å²) in [5.74, 6) is 0.0945. The van der Waals surface area contributed by atoms with Crippen LogP contribution in [-0.2, 0) is 17.0 Å². The average Bonchev–Trinajstić information content (AvgIpc) is 3.39. The maximum atomic E-state index is 13.2. The SMILES string of the molecule is CCn1c(SCc2ccoc2C(=O)OC)nc2scc(-c3ccccc3)c2c1=O. The number of carbonyl (C=O) groups is 1. The first kappa shape index (κ1) is 19.5. The van der Waals surface area contributed by atoms with Crippen LogP contribution in [0.5, 0.6) is 0 Å². The molecule has 0 aliphatic heterocycles. The third-order valence-electron chi connectivity index (χ3n) is 4.53. The fourth-order valence-corrected chi connectivity index (χ4v) is 5.12. The summed E-state index contributed by atoms with van der Waals surface area (Å²) in [6.45, 7) is 2.43. The van der Waals surface area contributed by atoms with Crippen molar-refractivity contribution < 1.29 is 13.9 Å². The van der Waals surface area contributed by atoms with Crippen molar-refractivity contribution in [1.82, 2.24) is 9.55 Å². The van der Waals surface area contributed by atoms with Gasteiger partial charge in [0, 0.05) is 28.8 Å². The quantitative estimate of drug-likeness (QED) is 0.250. The molecule has 29 heavy (non-hydrogen) atoms. The highest BCUT2D eigenvalue weighted by Gasteiger charge is 2.19. The molecule has 0 aliphatic carbocycles. The first-order valence-corrected chi connectivity index (χ1v) is 10.9. The summed E-state index contributed by atoms with van der Waals surface area (Å²) >= 11 is 2.86. The topological polar surface area (TPSA) is 74.3 Å². The van der Waals surface area contributed by atoms with Crippen LogP contribution in [0.25, 0.3) is 21.3 Å². The van der Waals surface area contributed by atoms with Gasteiger partial charge in [0.05, 0.1) is 18.8 Å². The molecule has 0 amide bonds. The number of ether oxygens (including phenoxy) is 1. The molecule has 0 aliphatic rings. The minimum atomic E-state index is -0.521. The second kappa shape index (κ2) is 8.26. The van der Waals surface area contributed by atoms with Crippen molar-refractivity contribution in [2.75, 3.05) is 7.11 Å². The molecule has 3 aromatic heterocycles. The van der Waals surface area contributed by atoms with Crippen LogP contribution in [0.2, 0.25) is 0 Å². The number of rotatable bonds is 6. The molecular weight excluding hydrogens is 408 g/mol. The van der Waals surface area contributed by atoms with Gasteiger partial charge < -0.3 is 9.15 Å². The normalized spacial score (nSPS) is 11.1. The van der Waals surface area contributed by atoms with Gasteiger partial charge in [-0.3, -0.25) is 9.36 Å². The van der Waals surface area contributed by atoms with E-state index in [2.05, 4.69) is 0 Å². The zero-order valence-electron chi connectivity index (χ0n) is 15.9. The highest BCUT2D eigenvalue weighted by molar-refractivity contribution is 7.98. The van der Waals surface area contributed by atoms with Crippen LogP contribution in [0, 0.1) is 0 Å². The first-order chi connectivity index (χ1) is 14.1. The minimum Gasteiger partial charge on any atom is -0.463 e. The van der Waals surface area contributed by atoms with Crippen LogP contribution >= 0.6 is 23.1 Å². The maximum absolute atomic E-state index is 13.2. The van der Waals surface area contributed by atoms with Gasteiger partial charge in [0.1, 0.15) is 4.83 Å². The van der Waals surface area contributed by atoms with Crippen molar-refractivity contribution in [1.29, 1.82) is 0 Å². The number of carbonyl (C=O) groups excluding carboxylic acids is 1. The van der Waals surface area contributed by atoms with E-state index < -0.39 is 5.97 Å². The first-order valence-electron chi connectivity index (χ1n) is 8.99. The number of aromatic nitrogens is 2. The Balaban J connectivity index is 1.72. The highest BCUT2D eigenvalue weighted by atomic mass is 32.2.